The van der Waals surface area contributed by atoms with Crippen molar-refractivity contribution in [1.29, 1.82) is 0 Å². The van der Waals surface area contributed by atoms with Crippen LogP contribution < -0.4 is 10.6 Å². The molecule has 0 spiro atoms. The average molecular weight is 827 g/mol. The van der Waals surface area contributed by atoms with Gasteiger partial charge in [0.05, 0.1) is 65.8 Å². The summed E-state index contributed by atoms with van der Waals surface area (Å²) in [6.45, 7) is 7.89. The van der Waals surface area contributed by atoms with E-state index in [1.165, 1.54) is 6.07 Å². The highest BCUT2D eigenvalue weighted by atomic mass is 19.4. The molecular weight excluding hydrogens is 782 g/mol. The highest BCUT2D eigenvalue weighted by molar-refractivity contribution is 5.97. The smallest absolute Gasteiger partial charge is 0.390 e. The number of hydrogen-bond donors (Lipinski definition) is 5. The van der Waals surface area contributed by atoms with Crippen molar-refractivity contribution in [3.8, 4) is 22.5 Å². The maximum Gasteiger partial charge on any atom is 0.390 e. The number of carboxylic acids is 1. The second kappa shape index (κ2) is 17.9. The summed E-state index contributed by atoms with van der Waals surface area (Å²) in [6, 6.07) is 13.5. The Morgan fingerprint density at radius 3 is 1.44 bits per heavy atom. The first-order valence-corrected chi connectivity index (χ1v) is 18.6. The van der Waals surface area contributed by atoms with Crippen molar-refractivity contribution in [3.05, 3.63) is 107 Å². The third-order valence-electron chi connectivity index (χ3n) is 9.56. The van der Waals surface area contributed by atoms with Gasteiger partial charge in [-0.25, -0.2) is 14.8 Å². The van der Waals surface area contributed by atoms with Crippen molar-refractivity contribution >= 4 is 34.4 Å². The highest BCUT2D eigenvalue weighted by Gasteiger charge is 2.27. The number of nitrogens with one attached hydrogen (secondary N) is 2. The van der Waals surface area contributed by atoms with Crippen LogP contribution in [-0.2, 0) is 0 Å². The van der Waals surface area contributed by atoms with Crippen LogP contribution in [0.1, 0.15) is 95.2 Å². The number of aryl methyl sites for hydroxylation is 2. The van der Waals surface area contributed by atoms with Crippen molar-refractivity contribution in [2.75, 3.05) is 23.7 Å². The Hall–Kier alpha value is -5.94. The molecule has 59 heavy (non-hydrogen) atoms. The van der Waals surface area contributed by atoms with Gasteiger partial charge in [-0.2, -0.15) is 26.3 Å². The Labute approximate surface area is 335 Å². The van der Waals surface area contributed by atoms with Crippen molar-refractivity contribution in [2.24, 2.45) is 0 Å². The number of rotatable bonds is 13. The number of aromatic carboxylic acids is 1. The Bertz CT molecular complexity index is 2470. The molecule has 0 amide bonds. The lowest BCUT2D eigenvalue weighted by Crippen LogP contribution is -2.15. The highest BCUT2D eigenvalue weighted by Crippen LogP contribution is 2.32. The van der Waals surface area contributed by atoms with Gasteiger partial charge in [0, 0.05) is 48.6 Å². The van der Waals surface area contributed by atoms with E-state index in [-0.39, 0.29) is 24.4 Å². The molecule has 314 valence electrons. The molecule has 0 fully saturated rings. The lowest BCUT2D eigenvalue weighted by molar-refractivity contribution is -0.132. The van der Waals surface area contributed by atoms with Crippen molar-refractivity contribution in [1.82, 2.24) is 18.8 Å². The molecule has 0 bridgehead atoms. The van der Waals surface area contributed by atoms with Gasteiger partial charge in [0.1, 0.15) is 0 Å². The van der Waals surface area contributed by atoms with Crippen LogP contribution >= 0.6 is 0 Å². The Morgan fingerprint density at radius 1 is 0.695 bits per heavy atom. The van der Waals surface area contributed by atoms with Gasteiger partial charge in [-0.3, -0.25) is 13.6 Å². The topological polar surface area (TPSA) is 153 Å². The van der Waals surface area contributed by atoms with Gasteiger partial charge < -0.3 is 26.0 Å². The van der Waals surface area contributed by atoms with Gasteiger partial charge in [-0.1, -0.05) is 25.1 Å². The molecule has 0 aliphatic heterocycles. The molecule has 2 aromatic carbocycles. The normalized spacial score (nSPS) is 12.9. The molecule has 4 aromatic heterocycles. The zero-order valence-corrected chi connectivity index (χ0v) is 32.8. The number of ketones is 1. The molecule has 4 heterocycles. The number of carbonyl (C=O) groups is 2. The van der Waals surface area contributed by atoms with E-state index >= 15 is 0 Å². The molecule has 0 saturated heterocycles. The van der Waals surface area contributed by atoms with Crippen LogP contribution in [0.4, 0.5) is 37.7 Å². The predicted octanol–water partition coefficient (Wildman–Crippen LogP) is 9.75. The predicted molar refractivity (Wildman–Crippen MR) is 212 cm³/mol. The van der Waals surface area contributed by atoms with Gasteiger partial charge in [0.25, 0.3) is 0 Å². The lowest BCUT2D eigenvalue weighted by Gasteiger charge is -2.14. The van der Waals surface area contributed by atoms with E-state index in [0.717, 1.165) is 11.1 Å². The van der Waals surface area contributed by atoms with Gasteiger partial charge in [0.15, 0.2) is 17.1 Å². The summed E-state index contributed by atoms with van der Waals surface area (Å²) in [6.07, 6.45) is -5.17. The summed E-state index contributed by atoms with van der Waals surface area (Å²) in [7, 11) is 0. The van der Waals surface area contributed by atoms with Crippen LogP contribution in [0.15, 0.2) is 73.3 Å². The zero-order valence-electron chi connectivity index (χ0n) is 32.8. The molecule has 2 atom stereocenters. The van der Waals surface area contributed by atoms with Crippen LogP contribution in [-0.4, -0.2) is 71.3 Å². The van der Waals surface area contributed by atoms with Crippen molar-refractivity contribution in [3.63, 3.8) is 0 Å². The summed E-state index contributed by atoms with van der Waals surface area (Å²) in [5.74, 6) is -0.968. The lowest BCUT2D eigenvalue weighted by atomic mass is 9.99. The molecule has 11 nitrogen and oxygen atoms in total. The molecule has 6 rings (SSSR count). The van der Waals surface area contributed by atoms with Gasteiger partial charge in [0.2, 0.25) is 0 Å². The van der Waals surface area contributed by atoms with Gasteiger partial charge in [-0.15, -0.1) is 0 Å². The first-order valence-electron chi connectivity index (χ1n) is 18.6. The third-order valence-corrected chi connectivity index (χ3v) is 9.56. The first kappa shape index (κ1) is 44.2. The summed E-state index contributed by atoms with van der Waals surface area (Å²) in [5, 5.41) is 34.8. The molecule has 6 aromatic rings. The number of nitrogens with zero attached hydrogens (tertiary/aromatic N) is 4. The van der Waals surface area contributed by atoms with E-state index < -0.39 is 43.4 Å². The van der Waals surface area contributed by atoms with E-state index in [9.17, 15) is 51.3 Å². The molecule has 0 aliphatic carbocycles. The number of anilines is 2. The van der Waals surface area contributed by atoms with Gasteiger partial charge >= 0.3 is 18.3 Å². The maximum absolute atomic E-state index is 12.5. The number of fused-ring (bicyclic) bond motifs is 2. The largest absolute Gasteiger partial charge is 0.478 e. The van der Waals surface area contributed by atoms with Crippen molar-refractivity contribution < 1.29 is 51.3 Å². The molecular formula is C42H44F6N6O5. The fraction of sp³-hybridized carbons (Fsp3) is 0.333. The van der Waals surface area contributed by atoms with E-state index in [2.05, 4.69) is 20.6 Å². The maximum atomic E-state index is 12.5. The second-order valence-electron chi connectivity index (χ2n) is 14.1. The number of aliphatic hydroxyl groups is 2. The summed E-state index contributed by atoms with van der Waals surface area (Å²) in [5.41, 5.74) is 7.81. The molecule has 0 saturated carbocycles. The third kappa shape index (κ3) is 10.8. The Balaban J connectivity index is 0.000000224. The monoisotopic (exact) mass is 826 g/mol. The number of carboxylic acid groups (broad SMARTS) is 1. The second-order valence-corrected chi connectivity index (χ2v) is 14.1. The number of alkyl halides is 6. The average Bonchev–Trinajstić information content (AvgIpc) is 3.78. The molecule has 5 N–H and O–H groups in total. The van der Waals surface area contributed by atoms with Crippen LogP contribution in [0.2, 0.25) is 0 Å². The molecule has 17 heteroatoms. The molecule has 2 unspecified atom stereocenters. The zero-order chi connectivity index (χ0) is 43.4. The summed E-state index contributed by atoms with van der Waals surface area (Å²) < 4.78 is 78.5. The standard InChI is InChI=1S/C22H24F3N3O2.C20H20F3N3O3/c1-4-20(30)17-6-5-15(9-13(17)2)19-11-27-21-18(26-8-7-22(23,24)25)10-16(14(3)29)12-28(19)21;1-11-7-13(3-4-15(11)19(28)29)17-9-25-18-16(24-6-5-20(21,22)23)8-14(12(2)27)10-26(17)18/h5-6,9-12,14,26,29H,4,7-8H2,1-3H3;3-4,7-10,12,24,27H,5-6H2,1-2H3,(H,28,29). The Morgan fingerprint density at radius 2 is 1.10 bits per heavy atom. The number of benzene rings is 2. The number of carbonyl (C=O) groups excluding carboxylic acids is 1. The fourth-order valence-electron chi connectivity index (χ4n) is 6.43. The van der Waals surface area contributed by atoms with E-state index in [1.807, 2.05) is 26.0 Å². The summed E-state index contributed by atoms with van der Waals surface area (Å²) in [4.78, 5) is 32.0. The van der Waals surface area contributed by atoms with Crippen LogP contribution in [0.25, 0.3) is 33.8 Å². The van der Waals surface area contributed by atoms with E-state index in [0.29, 0.717) is 68.3 Å². The number of halogens is 6. The quantitative estimate of drug-likeness (QED) is 0.0566. The number of pyridine rings is 2. The number of hydrogen-bond acceptors (Lipinski definition) is 8. The molecule has 0 radical (unpaired) electrons. The van der Waals surface area contributed by atoms with Gasteiger partial charge in [-0.05, 0) is 80.3 Å². The minimum atomic E-state index is -4.28. The minimum Gasteiger partial charge on any atom is -0.478 e. The van der Waals surface area contributed by atoms with Crippen molar-refractivity contribution in [2.45, 2.75) is 78.4 Å². The summed E-state index contributed by atoms with van der Waals surface area (Å²) >= 11 is 0. The first-order chi connectivity index (χ1) is 27.7. The van der Waals surface area contributed by atoms with Crippen LogP contribution in [0.5, 0.6) is 0 Å². The number of aromatic nitrogens is 4. The van der Waals surface area contributed by atoms with E-state index in [4.69, 9.17) is 0 Å². The number of Topliss-reactive ketones (excluding diaryl/α,β-unsaturated/α-hetero) is 1. The fourth-order valence-corrected chi connectivity index (χ4v) is 6.43. The van der Waals surface area contributed by atoms with Crippen LogP contribution in [0.3, 0.4) is 0 Å². The van der Waals surface area contributed by atoms with E-state index in [1.54, 1.807) is 84.7 Å². The Kier molecular flexibility index (Phi) is 13.4. The minimum absolute atomic E-state index is 0.0599. The molecule has 0 aliphatic rings. The van der Waals surface area contributed by atoms with Crippen LogP contribution in [0, 0.1) is 13.8 Å². The number of aliphatic hydroxyl groups excluding tert-OH is 2. The number of imidazole rings is 2. The SMILES string of the molecule is CCC(=O)c1ccc(-c2cnc3c(NCCC(F)(F)F)cc(C(C)O)cn23)cc1C.Cc1cc(-c2cnc3c(NCCC(F)(F)F)cc(C(C)O)cn23)ccc1C(=O)O.